The molecule has 0 unspecified atom stereocenters. The van der Waals surface area contributed by atoms with Crippen molar-refractivity contribution in [3.05, 3.63) is 46.2 Å². The van der Waals surface area contributed by atoms with E-state index >= 15 is 0 Å². The normalized spacial score (nSPS) is 10.6. The van der Waals surface area contributed by atoms with E-state index in [1.54, 1.807) is 0 Å². The highest BCUT2D eigenvalue weighted by Crippen LogP contribution is 2.17. The van der Waals surface area contributed by atoms with Crippen LogP contribution in [-0.4, -0.2) is 9.78 Å². The first-order valence-corrected chi connectivity index (χ1v) is 5.51. The number of aryl methyl sites for hydroxylation is 1. The van der Waals surface area contributed by atoms with Crippen LogP contribution >= 0.6 is 15.9 Å². The number of nitrogens with zero attached hydrogens (tertiary/aromatic N) is 2. The largest absolute Gasteiger partial charge is 0.326 e. The summed E-state index contributed by atoms with van der Waals surface area (Å²) in [5.74, 6) is 0. The van der Waals surface area contributed by atoms with E-state index in [-0.39, 0.29) is 0 Å². The third kappa shape index (κ3) is 2.11. The summed E-state index contributed by atoms with van der Waals surface area (Å²) in [6.45, 7) is 2.52. The van der Waals surface area contributed by atoms with Gasteiger partial charge in [-0.05, 0) is 40.5 Å². The van der Waals surface area contributed by atoms with Gasteiger partial charge in [0.05, 0.1) is 15.9 Å². The summed E-state index contributed by atoms with van der Waals surface area (Å²) in [4.78, 5) is 0. The molecule has 2 aromatic rings. The number of benzene rings is 1. The Kier molecular flexibility index (Phi) is 2.88. The Bertz CT molecular complexity index is 457. The minimum atomic E-state index is 0.551. The molecule has 0 spiro atoms. The number of hydrogen-bond donors (Lipinski definition) is 1. The summed E-state index contributed by atoms with van der Waals surface area (Å²) >= 11 is 3.44. The van der Waals surface area contributed by atoms with Crippen LogP contribution in [0.1, 0.15) is 11.3 Å². The predicted octanol–water partition coefficient (Wildman–Crippen LogP) is 2.40. The molecule has 2 rings (SSSR count). The van der Waals surface area contributed by atoms with Crippen LogP contribution in [-0.2, 0) is 6.54 Å². The van der Waals surface area contributed by atoms with Gasteiger partial charge < -0.3 is 5.73 Å². The van der Waals surface area contributed by atoms with Crippen molar-refractivity contribution < 1.29 is 0 Å². The molecule has 0 aliphatic heterocycles. The molecule has 0 amide bonds. The van der Waals surface area contributed by atoms with E-state index in [1.165, 1.54) is 0 Å². The topological polar surface area (TPSA) is 43.8 Å². The molecular weight excluding hydrogens is 254 g/mol. The quantitative estimate of drug-likeness (QED) is 0.907. The van der Waals surface area contributed by atoms with Crippen LogP contribution in [0.15, 0.2) is 34.9 Å². The van der Waals surface area contributed by atoms with Gasteiger partial charge in [0.25, 0.3) is 0 Å². The van der Waals surface area contributed by atoms with Gasteiger partial charge in [-0.3, -0.25) is 0 Å². The predicted molar refractivity (Wildman–Crippen MR) is 63.9 cm³/mol. The van der Waals surface area contributed by atoms with Gasteiger partial charge >= 0.3 is 0 Å². The van der Waals surface area contributed by atoms with Gasteiger partial charge in [-0.25, -0.2) is 4.68 Å². The van der Waals surface area contributed by atoms with Crippen molar-refractivity contribution in [3.63, 3.8) is 0 Å². The Morgan fingerprint density at radius 2 is 2.27 bits per heavy atom. The molecule has 0 fully saturated rings. The maximum Gasteiger partial charge on any atom is 0.0740 e. The average Bonchev–Trinajstić information content (AvgIpc) is 2.59. The molecule has 3 nitrogen and oxygen atoms in total. The molecule has 78 valence electrons. The van der Waals surface area contributed by atoms with Crippen LogP contribution in [0.4, 0.5) is 0 Å². The Balaban J connectivity index is 2.44. The summed E-state index contributed by atoms with van der Waals surface area (Å²) in [6, 6.07) is 8.05. The minimum Gasteiger partial charge on any atom is -0.326 e. The van der Waals surface area contributed by atoms with Gasteiger partial charge in [0.2, 0.25) is 0 Å². The maximum absolute atomic E-state index is 5.59. The monoisotopic (exact) mass is 265 g/mol. The minimum absolute atomic E-state index is 0.551. The molecule has 4 heteroatoms. The molecule has 0 saturated heterocycles. The van der Waals surface area contributed by atoms with Crippen molar-refractivity contribution in [2.75, 3.05) is 0 Å². The Morgan fingerprint density at radius 3 is 2.87 bits per heavy atom. The Morgan fingerprint density at radius 1 is 1.47 bits per heavy atom. The van der Waals surface area contributed by atoms with Gasteiger partial charge in [-0.15, -0.1) is 0 Å². The molecular formula is C11H12BrN3. The second-order valence-corrected chi connectivity index (χ2v) is 4.24. The second-order valence-electron chi connectivity index (χ2n) is 3.38. The SMILES string of the molecule is Cc1nn(-c2cccc(CN)c2)cc1Br. The molecule has 1 aromatic carbocycles. The summed E-state index contributed by atoms with van der Waals surface area (Å²) in [6.07, 6.45) is 1.95. The van der Waals surface area contributed by atoms with E-state index in [0.717, 1.165) is 21.4 Å². The zero-order valence-electron chi connectivity index (χ0n) is 8.44. The van der Waals surface area contributed by atoms with Crippen LogP contribution in [0.3, 0.4) is 0 Å². The second kappa shape index (κ2) is 4.16. The molecule has 0 saturated carbocycles. The van der Waals surface area contributed by atoms with Crippen molar-refractivity contribution in [1.29, 1.82) is 0 Å². The Labute approximate surface area is 97.0 Å². The van der Waals surface area contributed by atoms with E-state index in [1.807, 2.05) is 42.1 Å². The van der Waals surface area contributed by atoms with Crippen LogP contribution in [0.2, 0.25) is 0 Å². The summed E-state index contributed by atoms with van der Waals surface area (Å²) in [5, 5.41) is 4.38. The van der Waals surface area contributed by atoms with E-state index < -0.39 is 0 Å². The van der Waals surface area contributed by atoms with Gasteiger partial charge in [-0.1, -0.05) is 12.1 Å². The first-order valence-electron chi connectivity index (χ1n) is 4.72. The highest BCUT2D eigenvalue weighted by Gasteiger charge is 2.03. The van der Waals surface area contributed by atoms with Crippen LogP contribution in [0.25, 0.3) is 5.69 Å². The number of nitrogens with two attached hydrogens (primary N) is 1. The molecule has 0 aliphatic rings. The van der Waals surface area contributed by atoms with Crippen LogP contribution in [0.5, 0.6) is 0 Å². The molecule has 15 heavy (non-hydrogen) atoms. The van der Waals surface area contributed by atoms with Gasteiger partial charge in [0, 0.05) is 12.7 Å². The molecule has 1 aromatic heterocycles. The third-order valence-electron chi connectivity index (χ3n) is 2.25. The fourth-order valence-corrected chi connectivity index (χ4v) is 1.67. The maximum atomic E-state index is 5.59. The van der Waals surface area contributed by atoms with Crippen molar-refractivity contribution >= 4 is 15.9 Å². The van der Waals surface area contributed by atoms with E-state index in [9.17, 15) is 0 Å². The molecule has 0 atom stereocenters. The lowest BCUT2D eigenvalue weighted by atomic mass is 10.2. The molecule has 2 N–H and O–H groups in total. The molecule has 0 radical (unpaired) electrons. The number of hydrogen-bond acceptors (Lipinski definition) is 2. The first-order chi connectivity index (χ1) is 7.20. The Hall–Kier alpha value is -1.13. The summed E-state index contributed by atoms with van der Waals surface area (Å²) in [7, 11) is 0. The fourth-order valence-electron chi connectivity index (χ4n) is 1.40. The highest BCUT2D eigenvalue weighted by atomic mass is 79.9. The molecule has 1 heterocycles. The third-order valence-corrected chi connectivity index (χ3v) is 3.03. The summed E-state index contributed by atoms with van der Waals surface area (Å²) < 4.78 is 2.86. The number of rotatable bonds is 2. The van der Waals surface area contributed by atoms with E-state index in [4.69, 9.17) is 5.73 Å². The fraction of sp³-hybridized carbons (Fsp3) is 0.182. The van der Waals surface area contributed by atoms with Crippen molar-refractivity contribution in [1.82, 2.24) is 9.78 Å². The van der Waals surface area contributed by atoms with Crippen molar-refractivity contribution in [2.45, 2.75) is 13.5 Å². The van der Waals surface area contributed by atoms with Crippen molar-refractivity contribution in [2.24, 2.45) is 5.73 Å². The molecule has 0 aliphatic carbocycles. The highest BCUT2D eigenvalue weighted by molar-refractivity contribution is 9.10. The zero-order valence-corrected chi connectivity index (χ0v) is 10.0. The lowest BCUT2D eigenvalue weighted by molar-refractivity contribution is 0.859. The average molecular weight is 266 g/mol. The van der Waals surface area contributed by atoms with Crippen LogP contribution in [0, 0.1) is 6.92 Å². The lowest BCUT2D eigenvalue weighted by Gasteiger charge is -2.03. The lowest BCUT2D eigenvalue weighted by Crippen LogP contribution is -1.99. The summed E-state index contributed by atoms with van der Waals surface area (Å²) in [5.41, 5.74) is 8.71. The van der Waals surface area contributed by atoms with Gasteiger partial charge in [0.15, 0.2) is 0 Å². The van der Waals surface area contributed by atoms with Gasteiger partial charge in [-0.2, -0.15) is 5.10 Å². The smallest absolute Gasteiger partial charge is 0.0740 e. The zero-order chi connectivity index (χ0) is 10.8. The van der Waals surface area contributed by atoms with E-state index in [2.05, 4.69) is 21.0 Å². The standard InChI is InChI=1S/C11H12BrN3/c1-8-11(12)7-15(14-8)10-4-2-3-9(5-10)6-13/h2-5,7H,6,13H2,1H3. The number of aromatic nitrogens is 2. The number of halogens is 1. The van der Waals surface area contributed by atoms with Crippen LogP contribution < -0.4 is 5.73 Å². The molecule has 0 bridgehead atoms. The first kappa shape index (κ1) is 10.4. The van der Waals surface area contributed by atoms with Gasteiger partial charge in [0.1, 0.15) is 0 Å². The van der Waals surface area contributed by atoms with Crippen molar-refractivity contribution in [3.8, 4) is 5.69 Å². The van der Waals surface area contributed by atoms with E-state index in [0.29, 0.717) is 6.54 Å².